The number of hydrogen-bond acceptors (Lipinski definition) is 5. The van der Waals surface area contributed by atoms with Crippen LogP contribution in [0.2, 0.25) is 0 Å². The average molecular weight is 296 g/mol. The molecule has 2 heterocycles. The number of rotatable bonds is 4. The van der Waals surface area contributed by atoms with Gasteiger partial charge in [0, 0.05) is 19.3 Å². The molecular formula is C13H20N4O2S. The molecule has 2 aliphatic heterocycles. The van der Waals surface area contributed by atoms with Crippen molar-refractivity contribution in [3.8, 4) is 0 Å². The van der Waals surface area contributed by atoms with Gasteiger partial charge in [-0.3, -0.25) is 10.1 Å². The highest BCUT2D eigenvalue weighted by molar-refractivity contribution is 8.13. The number of thioether (sulfide) groups is 1. The zero-order valence-corrected chi connectivity index (χ0v) is 12.8. The Bertz CT molecular complexity index is 463. The van der Waals surface area contributed by atoms with E-state index in [0.717, 1.165) is 10.9 Å². The van der Waals surface area contributed by atoms with Crippen molar-refractivity contribution in [3.05, 3.63) is 12.7 Å². The van der Waals surface area contributed by atoms with Crippen molar-refractivity contribution < 1.29 is 9.59 Å². The summed E-state index contributed by atoms with van der Waals surface area (Å²) in [5, 5.41) is 3.17. The van der Waals surface area contributed by atoms with Crippen LogP contribution in [-0.2, 0) is 4.79 Å². The first kappa shape index (κ1) is 14.9. The minimum absolute atomic E-state index is 0.288. The van der Waals surface area contributed by atoms with Gasteiger partial charge in [0.2, 0.25) is 0 Å². The lowest BCUT2D eigenvalue weighted by Crippen LogP contribution is -2.63. The molecular weight excluding hydrogens is 276 g/mol. The molecule has 2 aliphatic rings. The molecule has 0 radical (unpaired) electrons. The minimum atomic E-state index is -0.453. The molecule has 3 amide bonds. The van der Waals surface area contributed by atoms with Crippen LogP contribution in [0.15, 0.2) is 17.6 Å². The van der Waals surface area contributed by atoms with Crippen LogP contribution in [0.5, 0.6) is 0 Å². The van der Waals surface area contributed by atoms with E-state index in [-0.39, 0.29) is 5.91 Å². The highest BCUT2D eigenvalue weighted by Crippen LogP contribution is 2.28. The Morgan fingerprint density at radius 1 is 1.50 bits per heavy atom. The fourth-order valence-corrected chi connectivity index (χ4v) is 3.21. The molecule has 0 aromatic carbocycles. The van der Waals surface area contributed by atoms with Crippen LogP contribution in [-0.4, -0.2) is 58.5 Å². The van der Waals surface area contributed by atoms with E-state index in [2.05, 4.69) is 30.7 Å². The van der Waals surface area contributed by atoms with Gasteiger partial charge in [0.05, 0.1) is 0 Å². The van der Waals surface area contributed by atoms with Crippen LogP contribution in [0.1, 0.15) is 13.8 Å². The monoisotopic (exact) mass is 296 g/mol. The van der Waals surface area contributed by atoms with E-state index in [9.17, 15) is 9.59 Å². The zero-order chi connectivity index (χ0) is 14.9. The molecule has 2 atom stereocenters. The first-order chi connectivity index (χ1) is 9.45. The molecule has 0 bridgehead atoms. The second kappa shape index (κ2) is 5.87. The maximum Gasteiger partial charge on any atom is 0.325 e. The van der Waals surface area contributed by atoms with Crippen LogP contribution < -0.4 is 5.32 Å². The fraction of sp³-hybridized carbons (Fsp3) is 0.615. The molecule has 0 spiro atoms. The Kier molecular flexibility index (Phi) is 4.37. The summed E-state index contributed by atoms with van der Waals surface area (Å²) in [6, 6.07) is -0.848. The van der Waals surface area contributed by atoms with Crippen LogP contribution >= 0.6 is 11.8 Å². The molecule has 1 saturated heterocycles. The molecule has 1 N–H and O–H groups in total. The van der Waals surface area contributed by atoms with Crippen molar-refractivity contribution in [1.82, 2.24) is 15.1 Å². The number of fused-ring (bicyclic) bond motifs is 1. The smallest absolute Gasteiger partial charge is 0.325 e. The Balaban J connectivity index is 2.24. The summed E-state index contributed by atoms with van der Waals surface area (Å²) in [6.45, 7) is 8.54. The summed E-state index contributed by atoms with van der Waals surface area (Å²) in [4.78, 5) is 31.7. The highest BCUT2D eigenvalue weighted by atomic mass is 32.2. The van der Waals surface area contributed by atoms with Crippen LogP contribution in [0, 0.1) is 5.92 Å². The van der Waals surface area contributed by atoms with E-state index in [4.69, 9.17) is 0 Å². The Hall–Kier alpha value is -1.50. The Morgan fingerprint density at radius 3 is 2.80 bits per heavy atom. The number of nitrogens with one attached hydrogen (secondary N) is 1. The van der Waals surface area contributed by atoms with Crippen molar-refractivity contribution in [2.24, 2.45) is 10.9 Å². The number of nitrogens with zero attached hydrogens (tertiary/aromatic N) is 3. The van der Waals surface area contributed by atoms with E-state index >= 15 is 0 Å². The maximum absolute atomic E-state index is 12.1. The summed E-state index contributed by atoms with van der Waals surface area (Å²) >= 11 is 1.62. The second-order valence-corrected chi connectivity index (χ2v) is 6.31. The first-order valence-electron chi connectivity index (χ1n) is 6.61. The quantitative estimate of drug-likeness (QED) is 0.789. The second-order valence-electron chi connectivity index (χ2n) is 5.32. The molecule has 2 rings (SSSR count). The van der Waals surface area contributed by atoms with Crippen molar-refractivity contribution >= 4 is 28.9 Å². The lowest BCUT2D eigenvalue weighted by molar-refractivity contribution is -0.126. The number of carbonyl (C=O) groups excluding carboxylic acids is 2. The van der Waals surface area contributed by atoms with Gasteiger partial charge in [-0.25, -0.2) is 9.79 Å². The van der Waals surface area contributed by atoms with Gasteiger partial charge < -0.3 is 9.80 Å². The van der Waals surface area contributed by atoms with Crippen molar-refractivity contribution in [1.29, 1.82) is 0 Å². The van der Waals surface area contributed by atoms with Gasteiger partial charge in [-0.15, -0.1) is 6.58 Å². The number of amidine groups is 1. The average Bonchev–Trinajstić information content (AvgIpc) is 2.74. The van der Waals surface area contributed by atoms with E-state index in [1.165, 1.54) is 4.90 Å². The molecule has 2 unspecified atom stereocenters. The van der Waals surface area contributed by atoms with Crippen molar-refractivity contribution in [2.75, 3.05) is 19.3 Å². The van der Waals surface area contributed by atoms with E-state index in [1.807, 2.05) is 4.90 Å². The number of amides is 3. The lowest BCUT2D eigenvalue weighted by Gasteiger charge is -2.35. The summed E-state index contributed by atoms with van der Waals surface area (Å²) in [7, 11) is 1.66. The number of imide groups is 1. The van der Waals surface area contributed by atoms with E-state index < -0.39 is 18.2 Å². The maximum atomic E-state index is 12.1. The van der Waals surface area contributed by atoms with Gasteiger partial charge in [-0.05, 0) is 5.92 Å². The summed E-state index contributed by atoms with van der Waals surface area (Å²) in [5.41, 5.74) is 0. The minimum Gasteiger partial charge on any atom is -0.332 e. The standard InChI is InChI=1S/C13H20N4O2S/c1-5-6-17-9-10(14-13(17)20-7-8(2)3)16(4)12(19)15-11(9)18/h5,8-10H,1,6-7H2,2-4H3,(H,15,18,19). The topological polar surface area (TPSA) is 65.0 Å². The number of aliphatic imine (C=N–C) groups is 1. The SMILES string of the molecule is C=CCN1C(SCC(C)C)=NC2C1C(=O)NC(=O)N2C. The predicted molar refractivity (Wildman–Crippen MR) is 80.5 cm³/mol. The van der Waals surface area contributed by atoms with Gasteiger partial charge in [0.1, 0.15) is 0 Å². The molecule has 110 valence electrons. The van der Waals surface area contributed by atoms with Gasteiger partial charge in [0.15, 0.2) is 17.4 Å². The molecule has 7 heteroatoms. The van der Waals surface area contributed by atoms with Crippen molar-refractivity contribution in [3.63, 3.8) is 0 Å². The third-order valence-corrected chi connectivity index (χ3v) is 4.63. The number of hydrogen-bond donors (Lipinski definition) is 1. The zero-order valence-electron chi connectivity index (χ0n) is 12.0. The number of carbonyl (C=O) groups is 2. The van der Waals surface area contributed by atoms with E-state index in [1.54, 1.807) is 24.9 Å². The van der Waals surface area contributed by atoms with E-state index in [0.29, 0.717) is 12.5 Å². The van der Waals surface area contributed by atoms with Gasteiger partial charge in [-0.2, -0.15) is 0 Å². The molecule has 0 aromatic rings. The first-order valence-corrected chi connectivity index (χ1v) is 7.60. The van der Waals surface area contributed by atoms with Crippen molar-refractivity contribution in [2.45, 2.75) is 26.1 Å². The molecule has 1 fully saturated rings. The third kappa shape index (κ3) is 2.67. The Labute approximate surface area is 123 Å². The number of urea groups is 1. The van der Waals surface area contributed by atoms with Gasteiger partial charge in [-0.1, -0.05) is 31.7 Å². The lowest BCUT2D eigenvalue weighted by atomic mass is 10.1. The van der Waals surface area contributed by atoms with Crippen LogP contribution in [0.4, 0.5) is 4.79 Å². The molecule has 0 aromatic heterocycles. The fourth-order valence-electron chi connectivity index (χ4n) is 2.19. The molecule has 20 heavy (non-hydrogen) atoms. The van der Waals surface area contributed by atoms with Gasteiger partial charge in [0.25, 0.3) is 5.91 Å². The molecule has 0 aliphatic carbocycles. The van der Waals surface area contributed by atoms with Gasteiger partial charge >= 0.3 is 6.03 Å². The predicted octanol–water partition coefficient (Wildman–Crippen LogP) is 1.11. The Morgan fingerprint density at radius 2 is 2.20 bits per heavy atom. The summed E-state index contributed by atoms with van der Waals surface area (Å²) < 4.78 is 0. The summed E-state index contributed by atoms with van der Waals surface area (Å²) in [6.07, 6.45) is 1.31. The number of likely N-dealkylation sites (N-methyl/N-ethyl adjacent to an activating group) is 1. The third-order valence-electron chi connectivity index (χ3n) is 3.19. The largest absolute Gasteiger partial charge is 0.332 e. The highest BCUT2D eigenvalue weighted by Gasteiger charge is 2.48. The summed E-state index contributed by atoms with van der Waals surface area (Å²) in [5.74, 6) is 1.17. The van der Waals surface area contributed by atoms with Crippen LogP contribution in [0.25, 0.3) is 0 Å². The van der Waals surface area contributed by atoms with Crippen LogP contribution in [0.3, 0.4) is 0 Å². The molecule has 6 nitrogen and oxygen atoms in total. The normalized spacial score (nSPS) is 25.7. The molecule has 0 saturated carbocycles.